The van der Waals surface area contributed by atoms with Crippen LogP contribution in [-0.4, -0.2) is 39.6 Å². The van der Waals surface area contributed by atoms with E-state index in [1.54, 1.807) is 0 Å². The number of hydrogen-bond donors (Lipinski definition) is 0. The highest BCUT2D eigenvalue weighted by Crippen LogP contribution is 2.29. The quantitative estimate of drug-likeness (QED) is 0.849. The SMILES string of the molecule is Cc1ccc(C)c([C@H]2CN(C(=O)c3snnc3C)[C@H](C)CO2)c1. The zero-order valence-corrected chi connectivity index (χ0v) is 14.7. The molecule has 1 aromatic heterocycles. The van der Waals surface area contributed by atoms with Crippen molar-refractivity contribution in [1.29, 1.82) is 0 Å². The Morgan fingerprint density at radius 1 is 1.35 bits per heavy atom. The van der Waals surface area contributed by atoms with E-state index in [0.717, 1.165) is 17.1 Å². The number of morpholine rings is 1. The number of amides is 1. The van der Waals surface area contributed by atoms with Gasteiger partial charge in [-0.2, -0.15) is 0 Å². The lowest BCUT2D eigenvalue weighted by Crippen LogP contribution is -2.48. The van der Waals surface area contributed by atoms with Crippen molar-refractivity contribution < 1.29 is 9.53 Å². The van der Waals surface area contributed by atoms with Crippen molar-refractivity contribution in [3.05, 3.63) is 45.5 Å². The molecule has 1 fully saturated rings. The molecule has 1 amide bonds. The van der Waals surface area contributed by atoms with Crippen LogP contribution in [0.5, 0.6) is 0 Å². The van der Waals surface area contributed by atoms with E-state index in [2.05, 4.69) is 41.6 Å². The monoisotopic (exact) mass is 331 g/mol. The van der Waals surface area contributed by atoms with Crippen LogP contribution in [0.2, 0.25) is 0 Å². The molecule has 0 bridgehead atoms. The summed E-state index contributed by atoms with van der Waals surface area (Å²) >= 11 is 1.16. The molecular weight excluding hydrogens is 310 g/mol. The average Bonchev–Trinajstić information content (AvgIpc) is 2.96. The fraction of sp³-hybridized carbons (Fsp3) is 0.471. The number of carbonyl (C=O) groups excluding carboxylic acids is 1. The molecule has 5 nitrogen and oxygen atoms in total. The van der Waals surface area contributed by atoms with E-state index in [4.69, 9.17) is 4.74 Å². The predicted molar refractivity (Wildman–Crippen MR) is 89.8 cm³/mol. The summed E-state index contributed by atoms with van der Waals surface area (Å²) in [5.74, 6) is 0.00334. The molecule has 2 aromatic rings. The lowest BCUT2D eigenvalue weighted by Gasteiger charge is -2.38. The van der Waals surface area contributed by atoms with Gasteiger partial charge in [0.05, 0.1) is 24.9 Å². The van der Waals surface area contributed by atoms with Gasteiger partial charge in [0.25, 0.3) is 5.91 Å². The number of hydrogen-bond acceptors (Lipinski definition) is 5. The Morgan fingerprint density at radius 2 is 2.13 bits per heavy atom. The largest absolute Gasteiger partial charge is 0.370 e. The number of aromatic nitrogens is 2. The summed E-state index contributed by atoms with van der Waals surface area (Å²) < 4.78 is 9.90. The second kappa shape index (κ2) is 6.37. The fourth-order valence-electron chi connectivity index (χ4n) is 2.89. The van der Waals surface area contributed by atoms with Crippen LogP contribution < -0.4 is 0 Å². The van der Waals surface area contributed by atoms with Crippen molar-refractivity contribution in [2.45, 2.75) is 39.8 Å². The van der Waals surface area contributed by atoms with Gasteiger partial charge in [-0.3, -0.25) is 4.79 Å². The van der Waals surface area contributed by atoms with E-state index in [0.29, 0.717) is 23.7 Å². The standard InChI is InChI=1S/C17H21N3O2S/c1-10-5-6-11(2)14(7-10)15-8-20(12(3)9-22-15)17(21)16-13(4)18-19-23-16/h5-7,12,15H,8-9H2,1-4H3/t12-,15-/m1/s1. The third-order valence-electron chi connectivity index (χ3n) is 4.32. The normalized spacial score (nSPS) is 21.5. The molecule has 2 atom stereocenters. The number of carbonyl (C=O) groups is 1. The summed E-state index contributed by atoms with van der Waals surface area (Å²) in [7, 11) is 0. The van der Waals surface area contributed by atoms with Crippen LogP contribution in [0.4, 0.5) is 0 Å². The molecule has 0 radical (unpaired) electrons. The summed E-state index contributed by atoms with van der Waals surface area (Å²) in [6, 6.07) is 6.40. The molecular formula is C17H21N3O2S. The van der Waals surface area contributed by atoms with Crippen LogP contribution in [0.1, 0.15) is 45.1 Å². The second-order valence-corrected chi connectivity index (χ2v) is 6.93. The third kappa shape index (κ3) is 3.14. The van der Waals surface area contributed by atoms with E-state index in [9.17, 15) is 4.79 Å². The minimum atomic E-state index is -0.0868. The van der Waals surface area contributed by atoms with Gasteiger partial charge in [0.15, 0.2) is 0 Å². The molecule has 122 valence electrons. The number of benzene rings is 1. The summed E-state index contributed by atoms with van der Waals surface area (Å²) in [5, 5.41) is 3.95. The summed E-state index contributed by atoms with van der Waals surface area (Å²) in [6.45, 7) is 9.09. The second-order valence-electron chi connectivity index (χ2n) is 6.18. The van der Waals surface area contributed by atoms with Gasteiger partial charge in [-0.25, -0.2) is 0 Å². The van der Waals surface area contributed by atoms with E-state index in [1.807, 2.05) is 18.7 Å². The molecule has 1 aromatic carbocycles. The molecule has 0 saturated carbocycles. The van der Waals surface area contributed by atoms with Crippen molar-refractivity contribution in [1.82, 2.24) is 14.5 Å². The first kappa shape index (κ1) is 16.1. The zero-order chi connectivity index (χ0) is 16.6. The number of aryl methyl sites for hydroxylation is 3. The van der Waals surface area contributed by atoms with E-state index >= 15 is 0 Å². The first-order valence-electron chi connectivity index (χ1n) is 7.76. The smallest absolute Gasteiger partial charge is 0.267 e. The molecule has 23 heavy (non-hydrogen) atoms. The Kier molecular flexibility index (Phi) is 4.46. The summed E-state index contributed by atoms with van der Waals surface area (Å²) in [4.78, 5) is 15.3. The highest BCUT2D eigenvalue weighted by Gasteiger charge is 2.33. The topological polar surface area (TPSA) is 55.3 Å². The molecule has 1 aliphatic rings. The number of rotatable bonds is 2. The molecule has 2 heterocycles. The van der Waals surface area contributed by atoms with E-state index in [-0.39, 0.29) is 18.1 Å². The van der Waals surface area contributed by atoms with Crippen LogP contribution in [0.15, 0.2) is 18.2 Å². The molecule has 0 spiro atoms. The van der Waals surface area contributed by atoms with Crippen LogP contribution in [0.25, 0.3) is 0 Å². The number of ether oxygens (including phenoxy) is 1. The molecule has 1 saturated heterocycles. The first-order valence-corrected chi connectivity index (χ1v) is 8.53. The number of nitrogens with zero attached hydrogens (tertiary/aromatic N) is 3. The van der Waals surface area contributed by atoms with Gasteiger partial charge in [-0.15, -0.1) is 5.10 Å². The summed E-state index contributed by atoms with van der Waals surface area (Å²) in [5.41, 5.74) is 4.25. The van der Waals surface area contributed by atoms with E-state index < -0.39 is 0 Å². The third-order valence-corrected chi connectivity index (χ3v) is 5.14. The zero-order valence-electron chi connectivity index (χ0n) is 13.9. The molecule has 0 N–H and O–H groups in total. The van der Waals surface area contributed by atoms with Gasteiger partial charge in [-0.05, 0) is 50.4 Å². The Morgan fingerprint density at radius 3 is 2.83 bits per heavy atom. The molecule has 0 unspecified atom stereocenters. The minimum absolute atomic E-state index is 0.00334. The fourth-order valence-corrected chi connectivity index (χ4v) is 3.51. The van der Waals surface area contributed by atoms with Gasteiger partial charge >= 0.3 is 0 Å². The van der Waals surface area contributed by atoms with Crippen molar-refractivity contribution in [3.63, 3.8) is 0 Å². The van der Waals surface area contributed by atoms with Crippen LogP contribution in [0.3, 0.4) is 0 Å². The first-order chi connectivity index (χ1) is 11.0. The molecule has 3 rings (SSSR count). The predicted octanol–water partition coefficient (Wildman–Crippen LogP) is 3.07. The van der Waals surface area contributed by atoms with Crippen LogP contribution in [0, 0.1) is 20.8 Å². The van der Waals surface area contributed by atoms with Crippen molar-refractivity contribution in [2.24, 2.45) is 0 Å². The van der Waals surface area contributed by atoms with Crippen molar-refractivity contribution in [2.75, 3.05) is 13.2 Å². The maximum Gasteiger partial charge on any atom is 0.267 e. The van der Waals surface area contributed by atoms with Crippen LogP contribution in [-0.2, 0) is 4.74 Å². The Hall–Kier alpha value is -1.79. The van der Waals surface area contributed by atoms with Gasteiger partial charge in [0, 0.05) is 0 Å². The van der Waals surface area contributed by atoms with Gasteiger partial charge in [-0.1, -0.05) is 28.3 Å². The molecule has 6 heteroatoms. The van der Waals surface area contributed by atoms with Gasteiger partial charge in [0.2, 0.25) is 0 Å². The highest BCUT2D eigenvalue weighted by atomic mass is 32.1. The average molecular weight is 331 g/mol. The minimum Gasteiger partial charge on any atom is -0.370 e. The molecule has 0 aliphatic carbocycles. The highest BCUT2D eigenvalue weighted by molar-refractivity contribution is 7.07. The van der Waals surface area contributed by atoms with Gasteiger partial charge in [0.1, 0.15) is 11.0 Å². The summed E-state index contributed by atoms with van der Waals surface area (Å²) in [6.07, 6.45) is -0.0868. The van der Waals surface area contributed by atoms with Crippen molar-refractivity contribution >= 4 is 17.4 Å². The van der Waals surface area contributed by atoms with Gasteiger partial charge < -0.3 is 9.64 Å². The lowest BCUT2D eigenvalue weighted by molar-refractivity contribution is -0.0488. The lowest BCUT2D eigenvalue weighted by atomic mass is 9.98. The Bertz CT molecular complexity index is 728. The van der Waals surface area contributed by atoms with Crippen molar-refractivity contribution in [3.8, 4) is 0 Å². The van der Waals surface area contributed by atoms with E-state index in [1.165, 1.54) is 11.1 Å². The molecule has 1 aliphatic heterocycles. The van der Waals surface area contributed by atoms with Crippen LogP contribution >= 0.6 is 11.5 Å². The maximum atomic E-state index is 12.8. The Balaban J connectivity index is 1.86. The Labute approximate surface area is 140 Å². The maximum absolute atomic E-state index is 12.8.